The third kappa shape index (κ3) is 5.48. The average molecular weight is 392 g/mol. The van der Waals surface area contributed by atoms with Gasteiger partial charge in [0.2, 0.25) is 0 Å². The lowest BCUT2D eigenvalue weighted by Crippen LogP contribution is -2.07. The molecule has 0 unspecified atom stereocenters. The fourth-order valence-electron chi connectivity index (χ4n) is 1.66. The van der Waals surface area contributed by atoms with Gasteiger partial charge in [-0.2, -0.15) is 0 Å². The topological polar surface area (TPSA) is 35.5 Å². The molecule has 0 heterocycles. The Morgan fingerprint density at radius 3 is 2.33 bits per heavy atom. The highest BCUT2D eigenvalue weighted by Gasteiger charge is 2.04. The Hall–Kier alpha value is -2.00. The molecule has 0 aromatic heterocycles. The van der Waals surface area contributed by atoms with E-state index in [4.69, 9.17) is 9.47 Å². The van der Waals surface area contributed by atoms with Crippen LogP contribution in [0.25, 0.3) is 0 Å². The third-order valence-electron chi connectivity index (χ3n) is 2.62. The van der Waals surface area contributed by atoms with Gasteiger partial charge < -0.3 is 9.47 Å². The van der Waals surface area contributed by atoms with E-state index in [1.54, 1.807) is 0 Å². The first-order valence-corrected chi connectivity index (χ1v) is 7.42. The SMILES string of the molecule is O=C(Cc1ccc(Oc2ccccc2)cc1)OCC#CI. The normalized spacial score (nSPS) is 9.38. The second-order valence-electron chi connectivity index (χ2n) is 4.17. The summed E-state index contributed by atoms with van der Waals surface area (Å²) < 4.78 is 13.3. The number of hydrogen-bond donors (Lipinski definition) is 0. The third-order valence-corrected chi connectivity index (χ3v) is 3.00. The largest absolute Gasteiger partial charge is 0.457 e. The molecular weight excluding hydrogens is 379 g/mol. The molecule has 0 amide bonds. The minimum Gasteiger partial charge on any atom is -0.457 e. The van der Waals surface area contributed by atoms with E-state index in [0.717, 1.165) is 17.1 Å². The Kier molecular flexibility index (Phi) is 6.10. The molecule has 0 saturated carbocycles. The van der Waals surface area contributed by atoms with E-state index in [-0.39, 0.29) is 19.0 Å². The van der Waals surface area contributed by atoms with E-state index in [2.05, 4.69) is 9.85 Å². The number of hydrogen-bond acceptors (Lipinski definition) is 3. The molecule has 0 bridgehead atoms. The van der Waals surface area contributed by atoms with Crippen LogP contribution >= 0.6 is 22.6 Å². The van der Waals surface area contributed by atoms with Crippen molar-refractivity contribution in [2.45, 2.75) is 6.42 Å². The number of ether oxygens (including phenoxy) is 2. The number of para-hydroxylation sites is 1. The van der Waals surface area contributed by atoms with Crippen molar-refractivity contribution in [1.82, 2.24) is 0 Å². The minimum absolute atomic E-state index is 0.136. The second-order valence-corrected chi connectivity index (χ2v) is 4.71. The molecule has 106 valence electrons. The first-order valence-electron chi connectivity index (χ1n) is 6.34. The minimum atomic E-state index is -0.286. The molecule has 4 heteroatoms. The first-order chi connectivity index (χ1) is 10.3. The quantitative estimate of drug-likeness (QED) is 0.439. The standard InChI is InChI=1S/C17H13IO3/c18-11-4-12-20-17(19)13-14-7-9-16(10-8-14)21-15-5-2-1-3-6-15/h1-3,5-10H,12-13H2. The van der Waals surface area contributed by atoms with Crippen LogP contribution in [-0.2, 0) is 16.0 Å². The highest BCUT2D eigenvalue weighted by Crippen LogP contribution is 2.21. The molecular formula is C17H13IO3. The van der Waals surface area contributed by atoms with Gasteiger partial charge in [0, 0.05) is 22.6 Å². The number of rotatable bonds is 5. The molecule has 0 fully saturated rings. The van der Waals surface area contributed by atoms with Crippen molar-refractivity contribution in [3.05, 3.63) is 60.2 Å². The molecule has 2 rings (SSSR count). The maximum Gasteiger partial charge on any atom is 0.311 e. The van der Waals surface area contributed by atoms with Crippen molar-refractivity contribution in [2.24, 2.45) is 0 Å². The van der Waals surface area contributed by atoms with E-state index >= 15 is 0 Å². The van der Waals surface area contributed by atoms with Crippen LogP contribution < -0.4 is 4.74 Å². The lowest BCUT2D eigenvalue weighted by molar-refractivity contribution is -0.141. The van der Waals surface area contributed by atoms with E-state index in [1.807, 2.05) is 77.2 Å². The Morgan fingerprint density at radius 1 is 1.00 bits per heavy atom. The predicted molar refractivity (Wildman–Crippen MR) is 89.4 cm³/mol. The molecule has 21 heavy (non-hydrogen) atoms. The molecule has 0 radical (unpaired) electrons. The molecule has 0 aliphatic carbocycles. The van der Waals surface area contributed by atoms with Gasteiger partial charge in [0.1, 0.15) is 11.5 Å². The number of carbonyl (C=O) groups is 1. The van der Waals surface area contributed by atoms with Crippen LogP contribution in [-0.4, -0.2) is 12.6 Å². The van der Waals surface area contributed by atoms with Gasteiger partial charge in [-0.25, -0.2) is 0 Å². The van der Waals surface area contributed by atoms with Gasteiger partial charge in [-0.1, -0.05) is 36.3 Å². The summed E-state index contributed by atoms with van der Waals surface area (Å²) in [5.74, 6) is 3.90. The van der Waals surface area contributed by atoms with Crippen molar-refractivity contribution in [3.8, 4) is 21.3 Å². The average Bonchev–Trinajstić information content (AvgIpc) is 2.51. The van der Waals surface area contributed by atoms with E-state index < -0.39 is 0 Å². The molecule has 0 saturated heterocycles. The van der Waals surface area contributed by atoms with Gasteiger partial charge in [0.15, 0.2) is 6.61 Å². The van der Waals surface area contributed by atoms with Crippen LogP contribution in [0.15, 0.2) is 54.6 Å². The van der Waals surface area contributed by atoms with Crippen molar-refractivity contribution in [3.63, 3.8) is 0 Å². The smallest absolute Gasteiger partial charge is 0.311 e. The highest BCUT2D eigenvalue weighted by atomic mass is 127. The molecule has 0 N–H and O–H groups in total. The van der Waals surface area contributed by atoms with Crippen molar-refractivity contribution >= 4 is 28.6 Å². The summed E-state index contributed by atoms with van der Waals surface area (Å²) in [5.41, 5.74) is 0.878. The highest BCUT2D eigenvalue weighted by molar-refractivity contribution is 14.1. The molecule has 0 atom stereocenters. The van der Waals surface area contributed by atoms with Gasteiger partial charge in [-0.05, 0) is 33.8 Å². The van der Waals surface area contributed by atoms with Gasteiger partial charge in [-0.3, -0.25) is 4.79 Å². The number of benzene rings is 2. The summed E-state index contributed by atoms with van der Waals surface area (Å²) in [6.07, 6.45) is 0.231. The second kappa shape index (κ2) is 8.32. The zero-order valence-corrected chi connectivity index (χ0v) is 13.4. The van der Waals surface area contributed by atoms with E-state index in [1.165, 1.54) is 0 Å². The summed E-state index contributed by atoms with van der Waals surface area (Å²) in [6, 6.07) is 16.9. The predicted octanol–water partition coefficient (Wildman–Crippen LogP) is 3.96. The summed E-state index contributed by atoms with van der Waals surface area (Å²) in [7, 11) is 0. The van der Waals surface area contributed by atoms with Crippen molar-refractivity contribution < 1.29 is 14.3 Å². The lowest BCUT2D eigenvalue weighted by atomic mass is 10.1. The van der Waals surface area contributed by atoms with Crippen LogP contribution in [0.4, 0.5) is 0 Å². The lowest BCUT2D eigenvalue weighted by Gasteiger charge is -2.06. The fraction of sp³-hybridized carbons (Fsp3) is 0.118. The Labute approximate surface area is 137 Å². The van der Waals surface area contributed by atoms with Gasteiger partial charge in [0.05, 0.1) is 6.42 Å². The summed E-state index contributed by atoms with van der Waals surface area (Å²) in [5, 5.41) is 0. The van der Waals surface area contributed by atoms with Gasteiger partial charge in [0.25, 0.3) is 0 Å². The zero-order chi connectivity index (χ0) is 14.9. The van der Waals surface area contributed by atoms with Crippen molar-refractivity contribution in [2.75, 3.05) is 6.61 Å². The maximum atomic E-state index is 11.5. The molecule has 3 nitrogen and oxygen atoms in total. The Morgan fingerprint density at radius 2 is 1.67 bits per heavy atom. The summed E-state index contributed by atoms with van der Waals surface area (Å²) in [6.45, 7) is 0.136. The fourth-order valence-corrected chi connectivity index (χ4v) is 1.82. The van der Waals surface area contributed by atoms with Gasteiger partial charge in [-0.15, -0.1) is 0 Å². The maximum absolute atomic E-state index is 11.5. The monoisotopic (exact) mass is 392 g/mol. The first kappa shape index (κ1) is 15.4. The Bertz CT molecular complexity index is 639. The van der Waals surface area contributed by atoms with Crippen LogP contribution in [0.1, 0.15) is 5.56 Å². The number of esters is 1. The molecule has 0 aliphatic heterocycles. The van der Waals surface area contributed by atoms with E-state index in [0.29, 0.717) is 0 Å². The van der Waals surface area contributed by atoms with Crippen molar-refractivity contribution in [1.29, 1.82) is 0 Å². The van der Waals surface area contributed by atoms with Gasteiger partial charge >= 0.3 is 5.97 Å². The molecule has 0 aliphatic rings. The molecule has 2 aromatic carbocycles. The molecule has 2 aromatic rings. The van der Waals surface area contributed by atoms with Crippen LogP contribution in [0.5, 0.6) is 11.5 Å². The van der Waals surface area contributed by atoms with Crippen LogP contribution in [0, 0.1) is 9.85 Å². The van der Waals surface area contributed by atoms with Crippen LogP contribution in [0.3, 0.4) is 0 Å². The summed E-state index contributed by atoms with van der Waals surface area (Å²) in [4.78, 5) is 11.5. The molecule has 0 spiro atoms. The Balaban J connectivity index is 1.89. The zero-order valence-electron chi connectivity index (χ0n) is 11.2. The van der Waals surface area contributed by atoms with E-state index in [9.17, 15) is 4.79 Å². The number of carbonyl (C=O) groups excluding carboxylic acids is 1. The van der Waals surface area contributed by atoms with Crippen LogP contribution in [0.2, 0.25) is 0 Å². The summed E-state index contributed by atoms with van der Waals surface area (Å²) >= 11 is 1.90. The number of halogens is 1.